The normalized spacial score (nSPS) is 26.6. The first-order chi connectivity index (χ1) is 6.21. The number of nitrogens with two attached hydrogens (primary N) is 1. The molecule has 2 rings (SSSR count). The summed E-state index contributed by atoms with van der Waals surface area (Å²) in [5.41, 5.74) is 6.77. The van der Waals surface area contributed by atoms with Gasteiger partial charge in [0.05, 0.1) is 17.4 Å². The Hall–Kier alpha value is -1.35. The van der Waals surface area contributed by atoms with Crippen LogP contribution in [-0.4, -0.2) is 9.97 Å². The van der Waals surface area contributed by atoms with Gasteiger partial charge in [0.1, 0.15) is 5.82 Å². The quantitative estimate of drug-likeness (QED) is 0.677. The fourth-order valence-corrected chi connectivity index (χ4v) is 1.49. The first kappa shape index (κ1) is 8.26. The Morgan fingerprint density at radius 1 is 1.54 bits per heavy atom. The smallest absolute Gasteiger partial charge is 0.103 e. The lowest BCUT2D eigenvalue weighted by Crippen LogP contribution is -2.35. The Morgan fingerprint density at radius 3 is 2.92 bits per heavy atom. The molecule has 0 radical (unpaired) electrons. The Labute approximate surface area is 77.4 Å². The lowest BCUT2D eigenvalue weighted by molar-refractivity contribution is 0.549. The molecule has 1 aliphatic carbocycles. The number of nitrogens with one attached hydrogen (secondary N) is 1. The zero-order valence-corrected chi connectivity index (χ0v) is 7.62. The molecule has 1 atom stereocenters. The van der Waals surface area contributed by atoms with Gasteiger partial charge < -0.3 is 10.7 Å². The molecule has 1 unspecified atom stereocenters. The van der Waals surface area contributed by atoms with E-state index >= 15 is 0 Å². The van der Waals surface area contributed by atoms with E-state index in [1.54, 1.807) is 6.20 Å². The average Bonchev–Trinajstić information content (AvgIpc) is 2.54. The summed E-state index contributed by atoms with van der Waals surface area (Å²) in [6, 6.07) is 0. The number of rotatable bonds is 1. The predicted octanol–water partition coefficient (Wildman–Crippen LogP) is 1.39. The summed E-state index contributed by atoms with van der Waals surface area (Å²) in [5, 5.41) is 0. The Bertz CT molecular complexity index is 362. The number of hydrogen-bond acceptors (Lipinski definition) is 2. The Balaban J connectivity index is 2.34. The van der Waals surface area contributed by atoms with Crippen molar-refractivity contribution < 1.29 is 0 Å². The molecule has 0 bridgehead atoms. The van der Waals surface area contributed by atoms with E-state index in [0.717, 1.165) is 17.9 Å². The lowest BCUT2D eigenvalue weighted by atomic mass is 9.89. The number of aryl methyl sites for hydroxylation is 1. The fourth-order valence-electron chi connectivity index (χ4n) is 1.49. The maximum absolute atomic E-state index is 6.18. The highest BCUT2D eigenvalue weighted by Gasteiger charge is 2.25. The van der Waals surface area contributed by atoms with Crippen LogP contribution in [0.1, 0.15) is 17.9 Å². The van der Waals surface area contributed by atoms with Crippen LogP contribution in [-0.2, 0) is 5.54 Å². The molecule has 3 heteroatoms. The van der Waals surface area contributed by atoms with Gasteiger partial charge in [-0.1, -0.05) is 24.3 Å². The van der Waals surface area contributed by atoms with Crippen molar-refractivity contribution in [2.75, 3.05) is 0 Å². The van der Waals surface area contributed by atoms with Crippen LogP contribution < -0.4 is 5.73 Å². The third kappa shape index (κ3) is 1.42. The first-order valence-corrected chi connectivity index (χ1v) is 4.36. The second-order valence-electron chi connectivity index (χ2n) is 3.41. The molecule has 1 heterocycles. The molecule has 1 aromatic heterocycles. The monoisotopic (exact) mass is 175 g/mol. The molecule has 0 aromatic carbocycles. The van der Waals surface area contributed by atoms with E-state index in [9.17, 15) is 0 Å². The van der Waals surface area contributed by atoms with E-state index in [4.69, 9.17) is 5.73 Å². The van der Waals surface area contributed by atoms with Gasteiger partial charge >= 0.3 is 0 Å². The highest BCUT2D eigenvalue weighted by Crippen LogP contribution is 2.25. The molecule has 1 aromatic rings. The molecule has 3 nitrogen and oxygen atoms in total. The molecule has 0 saturated heterocycles. The van der Waals surface area contributed by atoms with Crippen LogP contribution in [0.2, 0.25) is 0 Å². The van der Waals surface area contributed by atoms with Crippen LogP contribution in [0.15, 0.2) is 30.5 Å². The van der Waals surface area contributed by atoms with Crippen molar-refractivity contribution in [3.8, 4) is 0 Å². The minimum atomic E-state index is -0.393. The summed E-state index contributed by atoms with van der Waals surface area (Å²) in [6.45, 7) is 1.93. The van der Waals surface area contributed by atoms with Crippen molar-refractivity contribution in [3.05, 3.63) is 42.0 Å². The van der Waals surface area contributed by atoms with Crippen molar-refractivity contribution in [2.24, 2.45) is 5.73 Å². The van der Waals surface area contributed by atoms with Gasteiger partial charge in [0.25, 0.3) is 0 Å². The van der Waals surface area contributed by atoms with Gasteiger partial charge in [-0.25, -0.2) is 4.98 Å². The van der Waals surface area contributed by atoms with Gasteiger partial charge in [0, 0.05) is 0 Å². The molecule has 1 aliphatic rings. The van der Waals surface area contributed by atoms with E-state index in [-0.39, 0.29) is 0 Å². The summed E-state index contributed by atoms with van der Waals surface area (Å²) >= 11 is 0. The minimum absolute atomic E-state index is 0.393. The molecule has 0 spiro atoms. The van der Waals surface area contributed by atoms with Crippen LogP contribution in [0.4, 0.5) is 0 Å². The molecule has 3 N–H and O–H groups in total. The maximum atomic E-state index is 6.18. The summed E-state index contributed by atoms with van der Waals surface area (Å²) in [6.07, 6.45) is 10.7. The van der Waals surface area contributed by atoms with Crippen LogP contribution in [0.5, 0.6) is 0 Å². The third-order valence-corrected chi connectivity index (χ3v) is 2.30. The SMILES string of the molecule is Cc1ncc(C2(N)C=CC=CC2)[nH]1. The van der Waals surface area contributed by atoms with Gasteiger partial charge in [-0.05, 0) is 13.3 Å². The molecule has 0 aliphatic heterocycles. The molecule has 0 saturated carbocycles. The van der Waals surface area contributed by atoms with E-state index in [0.29, 0.717) is 0 Å². The van der Waals surface area contributed by atoms with Gasteiger partial charge in [0.2, 0.25) is 0 Å². The number of allylic oxidation sites excluding steroid dienone is 2. The van der Waals surface area contributed by atoms with E-state index < -0.39 is 5.54 Å². The number of hydrogen-bond donors (Lipinski definition) is 2. The predicted molar refractivity (Wildman–Crippen MR) is 52.1 cm³/mol. The Morgan fingerprint density at radius 2 is 2.38 bits per heavy atom. The van der Waals surface area contributed by atoms with Crippen LogP contribution in [0.25, 0.3) is 0 Å². The van der Waals surface area contributed by atoms with Crippen LogP contribution in [0.3, 0.4) is 0 Å². The molecule has 0 fully saturated rings. The van der Waals surface area contributed by atoms with E-state index in [1.807, 2.05) is 25.2 Å². The summed E-state index contributed by atoms with van der Waals surface area (Å²) in [5.74, 6) is 0.905. The topological polar surface area (TPSA) is 54.7 Å². The molecular weight excluding hydrogens is 162 g/mol. The standard InChI is InChI=1S/C10H13N3/c1-8-12-7-9(13-8)10(11)5-3-2-4-6-10/h2-5,7H,6,11H2,1H3,(H,12,13). The van der Waals surface area contributed by atoms with Gasteiger partial charge in [-0.3, -0.25) is 0 Å². The highest BCUT2D eigenvalue weighted by molar-refractivity contribution is 5.28. The number of imidazole rings is 1. The molecule has 0 amide bonds. The lowest BCUT2D eigenvalue weighted by Gasteiger charge is -2.24. The van der Waals surface area contributed by atoms with Crippen molar-refractivity contribution in [2.45, 2.75) is 18.9 Å². The second kappa shape index (κ2) is 2.85. The van der Waals surface area contributed by atoms with Crippen molar-refractivity contribution in [3.63, 3.8) is 0 Å². The third-order valence-electron chi connectivity index (χ3n) is 2.30. The summed E-state index contributed by atoms with van der Waals surface area (Å²) in [7, 11) is 0. The molecular formula is C10H13N3. The van der Waals surface area contributed by atoms with Crippen molar-refractivity contribution >= 4 is 0 Å². The van der Waals surface area contributed by atoms with Crippen LogP contribution >= 0.6 is 0 Å². The fraction of sp³-hybridized carbons (Fsp3) is 0.300. The number of nitrogens with zero attached hydrogens (tertiary/aromatic N) is 1. The molecule has 68 valence electrons. The van der Waals surface area contributed by atoms with E-state index in [1.165, 1.54) is 0 Å². The van der Waals surface area contributed by atoms with E-state index in [2.05, 4.69) is 16.0 Å². The first-order valence-electron chi connectivity index (χ1n) is 4.36. The van der Waals surface area contributed by atoms with Gasteiger partial charge in [-0.15, -0.1) is 0 Å². The Kier molecular flexibility index (Phi) is 1.81. The van der Waals surface area contributed by atoms with Crippen LogP contribution in [0, 0.1) is 6.92 Å². The number of H-pyrrole nitrogens is 1. The van der Waals surface area contributed by atoms with Crippen molar-refractivity contribution in [1.29, 1.82) is 0 Å². The maximum Gasteiger partial charge on any atom is 0.103 e. The average molecular weight is 175 g/mol. The number of aromatic nitrogens is 2. The second-order valence-corrected chi connectivity index (χ2v) is 3.41. The minimum Gasteiger partial charge on any atom is -0.344 e. The van der Waals surface area contributed by atoms with Gasteiger partial charge in [-0.2, -0.15) is 0 Å². The van der Waals surface area contributed by atoms with Crippen molar-refractivity contribution in [1.82, 2.24) is 9.97 Å². The highest BCUT2D eigenvalue weighted by atomic mass is 14.9. The summed E-state index contributed by atoms with van der Waals surface area (Å²) in [4.78, 5) is 7.31. The largest absolute Gasteiger partial charge is 0.344 e. The van der Waals surface area contributed by atoms with Gasteiger partial charge in [0.15, 0.2) is 0 Å². The molecule has 13 heavy (non-hydrogen) atoms. The zero-order valence-electron chi connectivity index (χ0n) is 7.62. The number of aromatic amines is 1. The zero-order chi connectivity index (χ0) is 9.31. The summed E-state index contributed by atoms with van der Waals surface area (Å²) < 4.78 is 0.